The lowest BCUT2D eigenvalue weighted by molar-refractivity contribution is 0.112. The molecule has 0 fully saturated rings. The number of urea groups is 1. The van der Waals surface area contributed by atoms with E-state index >= 15 is 0 Å². The summed E-state index contributed by atoms with van der Waals surface area (Å²) in [6.07, 6.45) is 1.61. The number of halogens is 4. The Hall–Kier alpha value is -2.86. The molecule has 0 saturated heterocycles. The van der Waals surface area contributed by atoms with Crippen LogP contribution >= 0.6 is 31.9 Å². The Morgan fingerprint density at radius 1 is 1.03 bits per heavy atom. The molecule has 0 aliphatic rings. The minimum Gasteiger partial charge on any atom is -0.398 e. The molecule has 30 heavy (non-hydrogen) atoms. The first-order valence-corrected chi connectivity index (χ1v) is 8.73. The fourth-order valence-corrected chi connectivity index (χ4v) is 2.46. The summed E-state index contributed by atoms with van der Waals surface area (Å²) < 4.78 is 26.8. The number of aromatic nitrogens is 2. The summed E-state index contributed by atoms with van der Waals surface area (Å²) in [6.45, 7) is 0. The predicted octanol–water partition coefficient (Wildman–Crippen LogP) is 4.10. The third-order valence-corrected chi connectivity index (χ3v) is 4.19. The fraction of sp³-hybridized carbons (Fsp3) is 0.111. The number of H-pyrrole nitrogens is 1. The lowest BCUT2D eigenvalue weighted by atomic mass is 10.2. The number of nitrogens with two attached hydrogens (primary N) is 3. The molecule has 0 atom stereocenters. The van der Waals surface area contributed by atoms with Gasteiger partial charge < -0.3 is 22.2 Å². The average Bonchev–Trinajstić information content (AvgIpc) is 2.62. The highest BCUT2D eigenvalue weighted by atomic mass is 79.9. The van der Waals surface area contributed by atoms with Crippen molar-refractivity contribution in [3.05, 3.63) is 67.1 Å². The lowest BCUT2D eigenvalue weighted by Gasteiger charge is -2.00. The van der Waals surface area contributed by atoms with Crippen molar-refractivity contribution in [2.75, 3.05) is 5.73 Å². The molecule has 2 aromatic carbocycles. The Morgan fingerprint density at radius 2 is 1.53 bits per heavy atom. The summed E-state index contributed by atoms with van der Waals surface area (Å²) in [5, 5.41) is 0.300. The quantitative estimate of drug-likeness (QED) is 0.264. The number of fused-ring (bicyclic) bond motifs is 1. The minimum absolute atomic E-state index is 0. The van der Waals surface area contributed by atoms with Gasteiger partial charge in [0.2, 0.25) is 0 Å². The summed E-state index contributed by atoms with van der Waals surface area (Å²) in [5.41, 5.74) is 13.8. The van der Waals surface area contributed by atoms with Gasteiger partial charge in [-0.05, 0) is 56.1 Å². The zero-order valence-corrected chi connectivity index (χ0v) is 17.1. The summed E-state index contributed by atoms with van der Waals surface area (Å²) in [5.74, 6) is -1.03. The number of nitrogen functional groups attached to an aromatic ring is 1. The van der Waals surface area contributed by atoms with Crippen LogP contribution in [-0.4, -0.2) is 22.3 Å². The molecule has 0 saturated carbocycles. The molecule has 2 amide bonds. The van der Waals surface area contributed by atoms with Crippen LogP contribution in [0.4, 0.5) is 19.3 Å². The van der Waals surface area contributed by atoms with Crippen LogP contribution in [0.5, 0.6) is 0 Å². The van der Waals surface area contributed by atoms with Gasteiger partial charge in [-0.25, -0.2) is 23.4 Å². The molecule has 0 aliphatic heterocycles. The standard InChI is InChI=1S/C8H4BrFN2O.C7H5BrFNO.CH4N2O.2CH4/c9-5-1-2-6-4(7(5)10)3-11-8(13)12-6;8-5-1-2-6(10)4(3-11)7(5)9;2-1(3)4;;/h1-3H,(H,11,12,13);1-3H,10H2;(H4,2,3,4);2*1H4. The maximum atomic E-state index is 13.3. The van der Waals surface area contributed by atoms with Gasteiger partial charge >= 0.3 is 11.7 Å². The van der Waals surface area contributed by atoms with Crippen molar-refractivity contribution in [1.29, 1.82) is 0 Å². The number of benzene rings is 2. The molecule has 0 aliphatic carbocycles. The highest BCUT2D eigenvalue weighted by molar-refractivity contribution is 9.10. The van der Waals surface area contributed by atoms with E-state index < -0.39 is 23.4 Å². The smallest absolute Gasteiger partial charge is 0.345 e. The monoisotopic (exact) mass is 551 g/mol. The number of amides is 2. The molecule has 3 aromatic rings. The van der Waals surface area contributed by atoms with Crippen LogP contribution in [-0.2, 0) is 0 Å². The van der Waals surface area contributed by atoms with E-state index in [1.165, 1.54) is 24.4 Å². The molecule has 8 nitrogen and oxygen atoms in total. The Morgan fingerprint density at radius 3 is 2.03 bits per heavy atom. The third kappa shape index (κ3) is 8.25. The van der Waals surface area contributed by atoms with Crippen molar-refractivity contribution in [3.8, 4) is 0 Å². The summed E-state index contributed by atoms with van der Waals surface area (Å²) >= 11 is 5.97. The largest absolute Gasteiger partial charge is 0.398 e. The number of rotatable bonds is 1. The van der Waals surface area contributed by atoms with Crippen molar-refractivity contribution >= 4 is 60.8 Å². The van der Waals surface area contributed by atoms with Gasteiger partial charge in [-0.15, -0.1) is 0 Å². The van der Waals surface area contributed by atoms with Crippen molar-refractivity contribution in [2.24, 2.45) is 11.5 Å². The Labute approximate surface area is 188 Å². The van der Waals surface area contributed by atoms with E-state index in [9.17, 15) is 18.4 Å². The highest BCUT2D eigenvalue weighted by Gasteiger charge is 2.08. The Bertz CT molecular complexity index is 1070. The van der Waals surface area contributed by atoms with Gasteiger partial charge in [-0.1, -0.05) is 14.9 Å². The van der Waals surface area contributed by atoms with Crippen LogP contribution in [0.3, 0.4) is 0 Å². The van der Waals surface area contributed by atoms with Gasteiger partial charge in [0.05, 0.1) is 25.4 Å². The molecule has 164 valence electrons. The molecular weight excluding hydrogens is 532 g/mol. The zero-order valence-electron chi connectivity index (χ0n) is 13.9. The van der Waals surface area contributed by atoms with E-state index in [2.05, 4.69) is 53.3 Å². The van der Waals surface area contributed by atoms with Gasteiger partial charge in [0.25, 0.3) is 0 Å². The molecular formula is C18H21Br2F2N5O3. The molecule has 3 rings (SSSR count). The number of hydrogen-bond donors (Lipinski definition) is 4. The summed E-state index contributed by atoms with van der Waals surface area (Å²) in [6, 6.07) is 5.24. The van der Waals surface area contributed by atoms with Crippen molar-refractivity contribution in [2.45, 2.75) is 14.9 Å². The first-order valence-electron chi connectivity index (χ1n) is 7.15. The molecule has 0 bridgehead atoms. The predicted molar refractivity (Wildman–Crippen MR) is 121 cm³/mol. The van der Waals surface area contributed by atoms with Crippen molar-refractivity contribution in [1.82, 2.24) is 9.97 Å². The van der Waals surface area contributed by atoms with Gasteiger partial charge in [-0.2, -0.15) is 0 Å². The third-order valence-electron chi connectivity index (χ3n) is 2.97. The fourth-order valence-electron chi connectivity index (χ4n) is 1.77. The normalized spacial score (nSPS) is 8.93. The van der Waals surface area contributed by atoms with E-state index in [0.717, 1.165) is 0 Å². The van der Waals surface area contributed by atoms with E-state index in [1.807, 2.05) is 0 Å². The highest BCUT2D eigenvalue weighted by Crippen LogP contribution is 2.22. The Balaban J connectivity index is 0. The molecule has 7 N–H and O–H groups in total. The molecule has 0 unspecified atom stereocenters. The SMILES string of the molecule is C.C.NC(N)=O.Nc1ccc(Br)c(F)c1C=O.O=c1ncc2c(F)c(Br)ccc2[nH]1. The second-order valence-corrected chi connectivity index (χ2v) is 6.60. The molecule has 0 radical (unpaired) electrons. The zero-order chi connectivity index (χ0) is 21.4. The van der Waals surface area contributed by atoms with E-state index in [0.29, 0.717) is 21.7 Å². The molecule has 0 spiro atoms. The van der Waals surface area contributed by atoms with Gasteiger partial charge in [0.1, 0.15) is 11.6 Å². The van der Waals surface area contributed by atoms with Crippen molar-refractivity contribution < 1.29 is 18.4 Å². The van der Waals surface area contributed by atoms with Crippen LogP contribution in [0.25, 0.3) is 10.9 Å². The molecule has 1 aromatic heterocycles. The van der Waals surface area contributed by atoms with Crippen LogP contribution in [0.15, 0.2) is 44.2 Å². The number of aromatic amines is 1. The number of nitrogens with one attached hydrogen (secondary N) is 1. The van der Waals surface area contributed by atoms with Gasteiger partial charge in [0.15, 0.2) is 6.29 Å². The van der Waals surface area contributed by atoms with Gasteiger partial charge in [-0.3, -0.25) is 4.79 Å². The number of aldehydes is 1. The van der Waals surface area contributed by atoms with E-state index in [4.69, 9.17) is 10.5 Å². The van der Waals surface area contributed by atoms with Gasteiger partial charge in [0, 0.05) is 11.9 Å². The second-order valence-electron chi connectivity index (χ2n) is 4.90. The number of nitrogens with zero attached hydrogens (tertiary/aromatic N) is 1. The number of carbonyl (C=O) groups excluding carboxylic acids is 2. The second kappa shape index (κ2) is 13.4. The molecule has 12 heteroatoms. The number of primary amides is 2. The van der Waals surface area contributed by atoms with Crippen LogP contribution in [0, 0.1) is 11.6 Å². The number of hydrogen-bond acceptors (Lipinski definition) is 5. The van der Waals surface area contributed by atoms with Crippen LogP contribution in [0.1, 0.15) is 25.2 Å². The minimum atomic E-state index is -0.833. The van der Waals surface area contributed by atoms with Crippen LogP contribution in [0.2, 0.25) is 0 Å². The first-order chi connectivity index (χ1) is 13.1. The topological polar surface area (TPSA) is 158 Å². The van der Waals surface area contributed by atoms with E-state index in [-0.39, 0.29) is 30.6 Å². The first kappa shape index (κ1) is 29.3. The summed E-state index contributed by atoms with van der Waals surface area (Å²) in [7, 11) is 0. The average molecular weight is 553 g/mol. The van der Waals surface area contributed by atoms with Crippen molar-refractivity contribution in [3.63, 3.8) is 0 Å². The van der Waals surface area contributed by atoms with E-state index in [1.54, 1.807) is 6.07 Å². The van der Waals surface area contributed by atoms with Crippen LogP contribution < -0.4 is 22.9 Å². The summed E-state index contributed by atoms with van der Waals surface area (Å²) in [4.78, 5) is 35.9. The lowest BCUT2D eigenvalue weighted by Crippen LogP contribution is -2.18. The molecule has 1 heterocycles. The number of anilines is 1. The number of carbonyl (C=O) groups is 2. The Kier molecular flexibility index (Phi) is 13.1. The maximum absolute atomic E-state index is 13.3. The maximum Gasteiger partial charge on any atom is 0.345 e.